The molecule has 4 aromatic heterocycles. The van der Waals surface area contributed by atoms with E-state index in [0.717, 1.165) is 28.2 Å². The maximum absolute atomic E-state index is 4.99. The third kappa shape index (κ3) is 5.00. The Labute approximate surface area is 301 Å². The first-order chi connectivity index (χ1) is 25.8. The predicted molar refractivity (Wildman–Crippen MR) is 209 cm³/mol. The number of benzene rings is 4. The van der Waals surface area contributed by atoms with Gasteiger partial charge >= 0.3 is 6.85 Å². The van der Waals surface area contributed by atoms with E-state index in [1.54, 1.807) is 12.4 Å². The molecule has 0 bridgehead atoms. The highest BCUT2D eigenvalue weighted by atomic mass is 15.2. The molecule has 2 aliphatic rings. The molecule has 7 nitrogen and oxygen atoms in total. The summed E-state index contributed by atoms with van der Waals surface area (Å²) in [7, 11) is 0. The van der Waals surface area contributed by atoms with Crippen molar-refractivity contribution < 1.29 is 0 Å². The van der Waals surface area contributed by atoms with Crippen LogP contribution >= 0.6 is 0 Å². The van der Waals surface area contributed by atoms with Crippen molar-refractivity contribution in [3.63, 3.8) is 0 Å². The molecular formula is C44H28BN7. The topological polar surface area (TPSA) is 80.6 Å². The average molecular weight is 666 g/mol. The van der Waals surface area contributed by atoms with Crippen LogP contribution < -0.4 is 10.3 Å². The molecular weight excluding hydrogens is 637 g/mol. The Kier molecular flexibility index (Phi) is 7.09. The second-order valence-corrected chi connectivity index (χ2v) is 12.7. The van der Waals surface area contributed by atoms with Gasteiger partial charge in [0.1, 0.15) is 17.2 Å². The van der Waals surface area contributed by atoms with E-state index in [9.17, 15) is 0 Å². The van der Waals surface area contributed by atoms with E-state index in [4.69, 9.17) is 19.9 Å². The summed E-state index contributed by atoms with van der Waals surface area (Å²) in [5.74, 6) is 4.73. The second kappa shape index (κ2) is 12.4. The number of nitrogens with zero attached hydrogens (tertiary/aromatic N) is 7. The van der Waals surface area contributed by atoms with Crippen molar-refractivity contribution in [1.29, 1.82) is 0 Å². The van der Waals surface area contributed by atoms with Gasteiger partial charge in [0.15, 0.2) is 17.5 Å². The fourth-order valence-corrected chi connectivity index (χ4v) is 7.40. The van der Waals surface area contributed by atoms with Gasteiger partial charge in [-0.05, 0) is 75.7 Å². The van der Waals surface area contributed by atoms with Crippen molar-refractivity contribution in [3.8, 4) is 67.8 Å². The Morgan fingerprint density at radius 1 is 0.462 bits per heavy atom. The molecule has 10 rings (SSSR count). The Morgan fingerprint density at radius 3 is 1.77 bits per heavy atom. The van der Waals surface area contributed by atoms with Crippen molar-refractivity contribution in [3.05, 3.63) is 170 Å². The van der Waals surface area contributed by atoms with Gasteiger partial charge < -0.3 is 4.81 Å². The zero-order valence-corrected chi connectivity index (χ0v) is 27.9. The number of hydrogen-bond acceptors (Lipinski definition) is 7. The summed E-state index contributed by atoms with van der Waals surface area (Å²) >= 11 is 0. The lowest BCUT2D eigenvalue weighted by atomic mass is 9.47. The lowest BCUT2D eigenvalue weighted by molar-refractivity contribution is 1.05. The van der Waals surface area contributed by atoms with E-state index in [0.29, 0.717) is 28.9 Å². The van der Waals surface area contributed by atoms with Crippen LogP contribution in [0.2, 0.25) is 0 Å². The van der Waals surface area contributed by atoms with E-state index in [2.05, 4.69) is 124 Å². The zero-order valence-electron chi connectivity index (χ0n) is 27.9. The third-order valence-electron chi connectivity index (χ3n) is 9.70. The minimum absolute atomic E-state index is 0.120. The van der Waals surface area contributed by atoms with Crippen LogP contribution in [0.5, 0.6) is 0 Å². The molecule has 0 saturated carbocycles. The molecule has 4 aromatic carbocycles. The molecule has 52 heavy (non-hydrogen) atoms. The minimum atomic E-state index is -0.120. The summed E-state index contributed by atoms with van der Waals surface area (Å²) in [6.07, 6.45) is 7.57. The summed E-state index contributed by atoms with van der Waals surface area (Å²) in [6.45, 7) is -0.120. The number of hydrogen-bond donors (Lipinski definition) is 0. The van der Waals surface area contributed by atoms with Crippen molar-refractivity contribution in [1.82, 2.24) is 29.9 Å². The number of fused-ring (bicyclic) bond motifs is 8. The maximum atomic E-state index is 4.99. The fraction of sp³-hybridized carbons (Fsp3) is 0. The van der Waals surface area contributed by atoms with E-state index >= 15 is 0 Å². The molecule has 0 N–H and O–H groups in total. The van der Waals surface area contributed by atoms with E-state index in [1.165, 1.54) is 33.3 Å². The standard InChI is InChI=1S/C44H28BN7/c1-3-12-29(13-4-1)33-21-22-35-34-20-19-32(41-49-42(36-17-7-9-25-46-36)51-43(50-41)37-18-8-10-26-47-37)28-38(34)52-44-31(16-11-27-48-44)23-24-45(52)40(35)39(33)30-14-5-2-6-15-30/h1-28H. The van der Waals surface area contributed by atoms with Crippen LogP contribution in [0, 0.1) is 0 Å². The van der Waals surface area contributed by atoms with Gasteiger partial charge in [-0.1, -0.05) is 109 Å². The van der Waals surface area contributed by atoms with Crippen LogP contribution in [0.3, 0.4) is 0 Å². The zero-order chi connectivity index (χ0) is 34.4. The highest BCUT2D eigenvalue weighted by Crippen LogP contribution is 2.46. The number of aromatic nitrogens is 6. The molecule has 242 valence electrons. The Morgan fingerprint density at radius 2 is 1.08 bits per heavy atom. The quantitative estimate of drug-likeness (QED) is 0.170. The van der Waals surface area contributed by atoms with Gasteiger partial charge in [0.25, 0.3) is 0 Å². The Bertz CT molecular complexity index is 2580. The predicted octanol–water partition coefficient (Wildman–Crippen LogP) is 8.97. The molecule has 0 atom stereocenters. The average Bonchev–Trinajstić information content (AvgIpc) is 3.24. The molecule has 8 heteroatoms. The first-order valence-electron chi connectivity index (χ1n) is 17.2. The Balaban J connectivity index is 1.23. The smallest absolute Gasteiger partial charge is 0.323 e. The molecule has 0 amide bonds. The molecule has 2 aliphatic heterocycles. The van der Waals surface area contributed by atoms with Gasteiger partial charge in [0.05, 0.1) is 0 Å². The first kappa shape index (κ1) is 29.8. The minimum Gasteiger partial charge on any atom is -0.361 e. The second-order valence-electron chi connectivity index (χ2n) is 12.7. The van der Waals surface area contributed by atoms with Crippen molar-refractivity contribution in [2.24, 2.45) is 0 Å². The number of anilines is 2. The van der Waals surface area contributed by atoms with E-state index in [1.807, 2.05) is 48.7 Å². The molecule has 0 aliphatic carbocycles. The van der Waals surface area contributed by atoms with Gasteiger partial charge in [0.2, 0.25) is 0 Å². The van der Waals surface area contributed by atoms with Crippen LogP contribution in [0.15, 0.2) is 164 Å². The van der Waals surface area contributed by atoms with Crippen molar-refractivity contribution in [2.45, 2.75) is 0 Å². The SMILES string of the molecule is C1=Cc2cccnc2N2B1c1c(ccc(-c3ccccc3)c1-c1ccccc1)-c1ccc(-c3nc(-c4ccccn4)nc(-c4ccccn4)n3)cc12. The highest BCUT2D eigenvalue weighted by molar-refractivity contribution is 6.86. The number of pyridine rings is 3. The molecule has 6 heterocycles. The molecule has 0 saturated heterocycles. The van der Waals surface area contributed by atoms with Crippen LogP contribution in [-0.2, 0) is 0 Å². The summed E-state index contributed by atoms with van der Waals surface area (Å²) < 4.78 is 0. The van der Waals surface area contributed by atoms with Crippen LogP contribution in [0.4, 0.5) is 11.5 Å². The van der Waals surface area contributed by atoms with Gasteiger partial charge in [-0.2, -0.15) is 0 Å². The number of rotatable bonds is 5. The molecule has 0 fully saturated rings. The first-order valence-corrected chi connectivity index (χ1v) is 17.2. The fourth-order valence-electron chi connectivity index (χ4n) is 7.40. The lowest BCUT2D eigenvalue weighted by Gasteiger charge is -2.40. The monoisotopic (exact) mass is 665 g/mol. The molecule has 0 unspecified atom stereocenters. The van der Waals surface area contributed by atoms with Crippen molar-refractivity contribution >= 4 is 29.9 Å². The summed E-state index contributed by atoms with van der Waals surface area (Å²) in [5.41, 5.74) is 12.6. The van der Waals surface area contributed by atoms with Crippen LogP contribution in [0.1, 0.15) is 5.56 Å². The van der Waals surface area contributed by atoms with Gasteiger partial charge in [-0.15, -0.1) is 0 Å². The summed E-state index contributed by atoms with van der Waals surface area (Å²) in [4.78, 5) is 31.2. The molecule has 8 aromatic rings. The van der Waals surface area contributed by atoms with Gasteiger partial charge in [-0.3, -0.25) is 9.97 Å². The third-order valence-corrected chi connectivity index (χ3v) is 9.70. The molecule has 0 spiro atoms. The summed E-state index contributed by atoms with van der Waals surface area (Å²) in [6, 6.07) is 48.0. The maximum Gasteiger partial charge on any atom is 0.323 e. The normalized spacial score (nSPS) is 12.5. The van der Waals surface area contributed by atoms with Crippen LogP contribution in [0.25, 0.3) is 73.9 Å². The highest BCUT2D eigenvalue weighted by Gasteiger charge is 2.40. The molecule has 0 radical (unpaired) electrons. The van der Waals surface area contributed by atoms with Gasteiger partial charge in [0, 0.05) is 41.0 Å². The Hall–Kier alpha value is -7.06. The summed E-state index contributed by atoms with van der Waals surface area (Å²) in [5, 5.41) is 0. The van der Waals surface area contributed by atoms with Crippen molar-refractivity contribution in [2.75, 3.05) is 4.81 Å². The van der Waals surface area contributed by atoms with E-state index in [-0.39, 0.29) is 6.85 Å². The lowest BCUT2D eigenvalue weighted by Crippen LogP contribution is -2.51. The van der Waals surface area contributed by atoms with Gasteiger partial charge in [-0.25, -0.2) is 19.9 Å². The largest absolute Gasteiger partial charge is 0.361 e. The van der Waals surface area contributed by atoms with Crippen LogP contribution in [-0.4, -0.2) is 36.8 Å². The van der Waals surface area contributed by atoms with E-state index < -0.39 is 0 Å².